The molecule has 1 amide bonds. The molecule has 3 aromatic rings. The summed E-state index contributed by atoms with van der Waals surface area (Å²) in [5.74, 6) is -2.06. The zero-order valence-electron chi connectivity index (χ0n) is 17.7. The fourth-order valence-electron chi connectivity index (χ4n) is 2.74. The largest absolute Gasteiger partial charge is 1.00 e. The van der Waals surface area contributed by atoms with E-state index < -0.39 is 44.2 Å². The molecule has 170 valence electrons. The molecule has 1 aromatic heterocycles. The van der Waals surface area contributed by atoms with Crippen LogP contribution in [0.2, 0.25) is 0 Å². The minimum Gasteiger partial charge on any atom is -0.542 e. The number of nitrogens with zero attached hydrogens (tertiary/aromatic N) is 3. The molecule has 0 atom stereocenters. The van der Waals surface area contributed by atoms with Gasteiger partial charge in [-0.25, -0.2) is 17.5 Å². The van der Waals surface area contributed by atoms with Gasteiger partial charge < -0.3 is 9.52 Å². The maximum absolute atomic E-state index is 14.9. The van der Waals surface area contributed by atoms with Gasteiger partial charge in [-0.05, 0) is 49.1 Å². The average Bonchev–Trinajstić information content (AvgIpc) is 3.19. The Kier molecular flexibility index (Phi) is 8.80. The van der Waals surface area contributed by atoms with Gasteiger partial charge in [0.15, 0.2) is 5.69 Å². The third-order valence-electron chi connectivity index (χ3n) is 4.36. The van der Waals surface area contributed by atoms with E-state index in [9.17, 15) is 30.8 Å². The molecule has 0 aliphatic heterocycles. The van der Waals surface area contributed by atoms with E-state index in [1.807, 2.05) is 6.26 Å². The first-order valence-corrected chi connectivity index (χ1v) is 11.7. The van der Waals surface area contributed by atoms with Gasteiger partial charge in [0.25, 0.3) is 0 Å². The summed E-state index contributed by atoms with van der Waals surface area (Å²) in [6.07, 6.45) is -3.10. The van der Waals surface area contributed by atoms with Crippen molar-refractivity contribution in [3.05, 3.63) is 64.8 Å². The van der Waals surface area contributed by atoms with Gasteiger partial charge in [-0.3, -0.25) is 0 Å². The number of rotatable bonds is 6. The zero-order chi connectivity index (χ0) is 23.7. The quantitative estimate of drug-likeness (QED) is 0.290. The molecule has 0 bridgehead atoms. The molecule has 0 aliphatic rings. The molecule has 13 heteroatoms. The number of amides is 1. The van der Waals surface area contributed by atoms with E-state index in [4.69, 9.17) is 0 Å². The van der Waals surface area contributed by atoms with Crippen molar-refractivity contribution in [2.75, 3.05) is 6.26 Å². The standard InChI is InChI=1S/C20H17F4N3O3S2.Na/c1-3-19(28)26-32(29,30)14-8-9-16(15(21)10-14)27-17(11-18(25-27)20(22,23)24)12-4-6-13(31-2)7-5-12;/h4-11H,3H2,1-2H3,(H,26,28);/q;+1/p-1. The number of carbonyl (C=O) groups excluding carboxylic acids is 1. The van der Waals surface area contributed by atoms with Crippen molar-refractivity contribution < 1.29 is 60.3 Å². The van der Waals surface area contributed by atoms with Gasteiger partial charge in [-0.15, -0.1) is 11.8 Å². The van der Waals surface area contributed by atoms with E-state index >= 15 is 0 Å². The van der Waals surface area contributed by atoms with Crippen LogP contribution < -0.4 is 29.6 Å². The van der Waals surface area contributed by atoms with E-state index in [2.05, 4.69) is 9.82 Å². The van der Waals surface area contributed by atoms with Crippen LogP contribution in [0.4, 0.5) is 17.6 Å². The second-order valence-electron chi connectivity index (χ2n) is 6.48. The smallest absolute Gasteiger partial charge is 0.542 e. The van der Waals surface area contributed by atoms with Crippen LogP contribution in [0.1, 0.15) is 19.0 Å². The van der Waals surface area contributed by atoms with Gasteiger partial charge in [0, 0.05) is 10.5 Å². The Morgan fingerprint density at radius 1 is 1.12 bits per heavy atom. The van der Waals surface area contributed by atoms with Crippen LogP contribution in [-0.2, 0) is 21.0 Å². The molecule has 33 heavy (non-hydrogen) atoms. The summed E-state index contributed by atoms with van der Waals surface area (Å²) in [4.78, 5) is 11.6. The number of hydrogen-bond donors (Lipinski definition) is 0. The first-order valence-electron chi connectivity index (χ1n) is 9.08. The van der Waals surface area contributed by atoms with Crippen LogP contribution in [0.15, 0.2) is 58.3 Å². The van der Waals surface area contributed by atoms with Crippen molar-refractivity contribution >= 4 is 27.7 Å². The summed E-state index contributed by atoms with van der Waals surface area (Å²) in [7, 11) is -4.46. The molecule has 0 radical (unpaired) electrons. The molecule has 3 rings (SSSR count). The fourth-order valence-corrected chi connectivity index (χ4v) is 4.15. The third-order valence-corrected chi connectivity index (χ3v) is 6.39. The van der Waals surface area contributed by atoms with Crippen molar-refractivity contribution in [1.82, 2.24) is 9.78 Å². The number of thioether (sulfide) groups is 1. The molecule has 0 unspecified atom stereocenters. The predicted molar refractivity (Wildman–Crippen MR) is 112 cm³/mol. The molecule has 0 fully saturated rings. The molecule has 0 N–H and O–H groups in total. The second-order valence-corrected chi connectivity index (χ2v) is 8.96. The molecule has 6 nitrogen and oxygen atoms in total. The van der Waals surface area contributed by atoms with Gasteiger partial charge >= 0.3 is 35.7 Å². The van der Waals surface area contributed by atoms with Crippen molar-refractivity contribution in [1.29, 1.82) is 0 Å². The molecular formula is C20H16F4N3NaO3S2. The Balaban J connectivity index is 0.00000385. The summed E-state index contributed by atoms with van der Waals surface area (Å²) >= 11 is 1.44. The Labute approximate surface area is 214 Å². The topological polar surface area (TPSA) is 83.1 Å². The predicted octanol–water partition coefficient (Wildman–Crippen LogP) is 2.42. The SMILES string of the molecule is CCC(=O)[N-]S(=O)(=O)c1ccc(-n2nc(C(F)(F)F)cc2-c2ccc(SC)cc2)c(F)c1.[Na+]. The summed E-state index contributed by atoms with van der Waals surface area (Å²) in [5.41, 5.74) is -1.32. The van der Waals surface area contributed by atoms with Gasteiger partial charge in [0.1, 0.15) is 21.5 Å². The number of carbonyl (C=O) groups is 1. The number of alkyl halides is 3. The van der Waals surface area contributed by atoms with Gasteiger partial charge in [-0.2, -0.15) is 18.3 Å². The van der Waals surface area contributed by atoms with Crippen LogP contribution in [0.25, 0.3) is 21.7 Å². The molecule has 2 aromatic carbocycles. The van der Waals surface area contributed by atoms with E-state index in [1.54, 1.807) is 24.3 Å². The average molecular weight is 509 g/mol. The number of benzene rings is 2. The summed E-state index contributed by atoms with van der Waals surface area (Å²) < 4.78 is 82.9. The molecule has 0 spiro atoms. The molecule has 0 saturated carbocycles. The van der Waals surface area contributed by atoms with Gasteiger partial charge in [0.05, 0.1) is 16.5 Å². The van der Waals surface area contributed by atoms with Crippen molar-refractivity contribution in [3.63, 3.8) is 0 Å². The monoisotopic (exact) mass is 509 g/mol. The number of aromatic nitrogens is 2. The second kappa shape index (κ2) is 10.6. The van der Waals surface area contributed by atoms with Crippen LogP contribution in [0.3, 0.4) is 0 Å². The van der Waals surface area contributed by atoms with E-state index in [-0.39, 0.29) is 41.7 Å². The van der Waals surface area contributed by atoms with E-state index in [1.165, 1.54) is 18.7 Å². The number of hydrogen-bond acceptors (Lipinski definition) is 5. The Bertz CT molecular complexity index is 1260. The first-order chi connectivity index (χ1) is 15.0. The maximum atomic E-state index is 14.9. The Hall–Kier alpha value is -1.86. The molecular weight excluding hydrogens is 493 g/mol. The third kappa shape index (κ3) is 6.18. The minimum absolute atomic E-state index is 0. The first kappa shape index (κ1) is 27.4. The summed E-state index contributed by atoms with van der Waals surface area (Å²) in [6.45, 7) is 1.41. The molecule has 1 heterocycles. The normalized spacial score (nSPS) is 11.7. The van der Waals surface area contributed by atoms with Crippen LogP contribution in [0, 0.1) is 5.82 Å². The minimum atomic E-state index is -4.78. The van der Waals surface area contributed by atoms with Gasteiger partial charge in [0.2, 0.25) is 0 Å². The Morgan fingerprint density at radius 3 is 2.27 bits per heavy atom. The van der Waals surface area contributed by atoms with Crippen LogP contribution >= 0.6 is 11.8 Å². The van der Waals surface area contributed by atoms with Gasteiger partial charge in [-0.1, -0.05) is 19.1 Å². The Morgan fingerprint density at radius 2 is 1.76 bits per heavy atom. The van der Waals surface area contributed by atoms with Crippen molar-refractivity contribution in [2.45, 2.75) is 29.3 Å². The molecule has 0 saturated heterocycles. The number of sulfonamides is 1. The van der Waals surface area contributed by atoms with E-state index in [0.717, 1.165) is 27.8 Å². The van der Waals surface area contributed by atoms with Crippen LogP contribution in [-0.4, -0.2) is 30.4 Å². The number of halogens is 4. The van der Waals surface area contributed by atoms with Crippen molar-refractivity contribution in [2.24, 2.45) is 0 Å². The van der Waals surface area contributed by atoms with Crippen molar-refractivity contribution in [3.8, 4) is 16.9 Å². The fraction of sp³-hybridized carbons (Fsp3) is 0.200. The summed E-state index contributed by atoms with van der Waals surface area (Å²) in [5, 5.41) is 3.50. The molecule has 0 aliphatic carbocycles. The summed E-state index contributed by atoms with van der Waals surface area (Å²) in [6, 6.07) is 9.85. The maximum Gasteiger partial charge on any atom is 1.00 e. The van der Waals surface area contributed by atoms with Crippen LogP contribution in [0.5, 0.6) is 0 Å². The zero-order valence-corrected chi connectivity index (χ0v) is 21.4. The van der Waals surface area contributed by atoms with E-state index in [0.29, 0.717) is 11.6 Å².